The molecular formula is C21H28O3. The summed E-state index contributed by atoms with van der Waals surface area (Å²) < 4.78 is 4.96. The lowest BCUT2D eigenvalue weighted by Crippen LogP contribution is -2.44. The molecule has 0 aliphatic heterocycles. The Kier molecular flexibility index (Phi) is 4.23. The van der Waals surface area contributed by atoms with E-state index < -0.39 is 0 Å². The van der Waals surface area contributed by atoms with Crippen molar-refractivity contribution in [2.75, 3.05) is 7.11 Å². The van der Waals surface area contributed by atoms with Gasteiger partial charge in [-0.05, 0) is 59.6 Å². The second-order valence-electron chi connectivity index (χ2n) is 7.88. The molecule has 0 bridgehead atoms. The fraction of sp³-hybridized carbons (Fsp3) is 0.571. The number of rotatable bonds is 2. The van der Waals surface area contributed by atoms with Gasteiger partial charge in [0.15, 0.2) is 0 Å². The first-order chi connectivity index (χ1) is 11.3. The highest BCUT2D eigenvalue weighted by Gasteiger charge is 2.48. The molecule has 0 amide bonds. The number of phenols is 1. The van der Waals surface area contributed by atoms with Crippen molar-refractivity contribution in [3.8, 4) is 5.75 Å². The SMILES string of the molecule is C=C1C(C(=O)OC)CCC2(C)c3ccc(C(C)C)c(O)c3CCC12. The van der Waals surface area contributed by atoms with Crippen LogP contribution in [0, 0.1) is 11.8 Å². The van der Waals surface area contributed by atoms with Crippen molar-refractivity contribution in [3.63, 3.8) is 0 Å². The van der Waals surface area contributed by atoms with E-state index in [1.807, 2.05) is 0 Å². The van der Waals surface area contributed by atoms with E-state index >= 15 is 0 Å². The van der Waals surface area contributed by atoms with E-state index in [1.165, 1.54) is 12.7 Å². The largest absolute Gasteiger partial charge is 0.507 e. The summed E-state index contributed by atoms with van der Waals surface area (Å²) in [4.78, 5) is 12.1. The molecule has 0 heterocycles. The van der Waals surface area contributed by atoms with Crippen LogP contribution >= 0.6 is 0 Å². The Hall–Kier alpha value is -1.77. The van der Waals surface area contributed by atoms with Gasteiger partial charge < -0.3 is 9.84 Å². The van der Waals surface area contributed by atoms with Crippen molar-refractivity contribution in [3.05, 3.63) is 41.0 Å². The normalized spacial score (nSPS) is 29.1. The van der Waals surface area contributed by atoms with Crippen LogP contribution in [0.25, 0.3) is 0 Å². The van der Waals surface area contributed by atoms with E-state index in [0.717, 1.165) is 42.4 Å². The van der Waals surface area contributed by atoms with Crippen molar-refractivity contribution in [2.45, 2.75) is 57.8 Å². The monoisotopic (exact) mass is 328 g/mol. The Morgan fingerprint density at radius 2 is 2.08 bits per heavy atom. The molecule has 3 heteroatoms. The molecule has 0 radical (unpaired) electrons. The number of hydrogen-bond acceptors (Lipinski definition) is 3. The van der Waals surface area contributed by atoms with Crippen molar-refractivity contribution in [2.24, 2.45) is 11.8 Å². The van der Waals surface area contributed by atoms with Gasteiger partial charge >= 0.3 is 5.97 Å². The Morgan fingerprint density at radius 3 is 2.71 bits per heavy atom. The van der Waals surface area contributed by atoms with E-state index in [0.29, 0.717) is 11.7 Å². The Balaban J connectivity index is 2.02. The number of aromatic hydroxyl groups is 1. The number of methoxy groups -OCH3 is 1. The maximum atomic E-state index is 12.1. The molecule has 1 aromatic rings. The summed E-state index contributed by atoms with van der Waals surface area (Å²) in [5.41, 5.74) is 4.32. The summed E-state index contributed by atoms with van der Waals surface area (Å²) >= 11 is 0. The lowest BCUT2D eigenvalue weighted by atomic mass is 9.54. The fourth-order valence-electron chi connectivity index (χ4n) is 4.89. The summed E-state index contributed by atoms with van der Waals surface area (Å²) in [6.07, 6.45) is 3.47. The van der Waals surface area contributed by atoms with Gasteiger partial charge in [-0.2, -0.15) is 0 Å². The quantitative estimate of drug-likeness (QED) is 0.643. The molecule has 3 rings (SSSR count). The standard InChI is InChI=1S/C21H28O3/c1-12(2)14-6-9-18-16(19(14)22)7-8-17-13(3)15(20(23)24-5)10-11-21(17,18)4/h6,9,12,15,17,22H,3,7-8,10-11H2,1-2,4-5H3. The summed E-state index contributed by atoms with van der Waals surface area (Å²) in [6, 6.07) is 4.27. The second-order valence-corrected chi connectivity index (χ2v) is 7.88. The summed E-state index contributed by atoms with van der Waals surface area (Å²) in [7, 11) is 1.45. The van der Waals surface area contributed by atoms with Gasteiger partial charge in [-0.3, -0.25) is 4.79 Å². The molecule has 1 aromatic carbocycles. The van der Waals surface area contributed by atoms with E-state index in [9.17, 15) is 9.90 Å². The molecule has 1 saturated carbocycles. The highest BCUT2D eigenvalue weighted by atomic mass is 16.5. The molecule has 2 aliphatic rings. The maximum absolute atomic E-state index is 12.1. The van der Waals surface area contributed by atoms with Crippen LogP contribution in [0.4, 0.5) is 0 Å². The smallest absolute Gasteiger partial charge is 0.312 e. The average molecular weight is 328 g/mol. The zero-order valence-electron chi connectivity index (χ0n) is 15.2. The van der Waals surface area contributed by atoms with Crippen LogP contribution in [0.1, 0.15) is 62.6 Å². The van der Waals surface area contributed by atoms with E-state index in [1.54, 1.807) is 0 Å². The van der Waals surface area contributed by atoms with Crippen LogP contribution in [0.3, 0.4) is 0 Å². The van der Waals surface area contributed by atoms with Gasteiger partial charge in [-0.25, -0.2) is 0 Å². The zero-order valence-corrected chi connectivity index (χ0v) is 15.2. The minimum atomic E-state index is -0.182. The van der Waals surface area contributed by atoms with Crippen molar-refractivity contribution in [1.29, 1.82) is 0 Å². The molecule has 0 spiro atoms. The molecule has 3 unspecified atom stereocenters. The lowest BCUT2D eigenvalue weighted by Gasteiger charge is -2.49. The first-order valence-electron chi connectivity index (χ1n) is 8.93. The van der Waals surface area contributed by atoms with Crippen molar-refractivity contribution >= 4 is 5.97 Å². The molecule has 3 nitrogen and oxygen atoms in total. The lowest BCUT2D eigenvalue weighted by molar-refractivity contribution is -0.145. The predicted molar refractivity (Wildman–Crippen MR) is 95.2 cm³/mol. The third kappa shape index (κ3) is 2.37. The highest BCUT2D eigenvalue weighted by molar-refractivity contribution is 5.76. The molecule has 2 aliphatic carbocycles. The van der Waals surface area contributed by atoms with Crippen LogP contribution in [0.15, 0.2) is 24.3 Å². The zero-order chi connectivity index (χ0) is 17.6. The maximum Gasteiger partial charge on any atom is 0.312 e. The van der Waals surface area contributed by atoms with Crippen molar-refractivity contribution < 1.29 is 14.6 Å². The van der Waals surface area contributed by atoms with E-state index in [-0.39, 0.29) is 23.2 Å². The number of ether oxygens (including phenoxy) is 1. The molecule has 1 N–H and O–H groups in total. The molecule has 0 saturated heterocycles. The van der Waals surface area contributed by atoms with Gasteiger partial charge in [0.2, 0.25) is 0 Å². The molecular weight excluding hydrogens is 300 g/mol. The Bertz CT molecular complexity index is 689. The third-order valence-corrected chi connectivity index (χ3v) is 6.34. The minimum absolute atomic E-state index is 0.0534. The average Bonchev–Trinajstić information content (AvgIpc) is 2.54. The molecule has 130 valence electrons. The summed E-state index contributed by atoms with van der Waals surface area (Å²) in [5, 5.41) is 10.8. The number of carbonyl (C=O) groups excluding carboxylic acids is 1. The number of benzene rings is 1. The molecule has 0 aromatic heterocycles. The van der Waals surface area contributed by atoms with E-state index in [2.05, 4.69) is 39.5 Å². The van der Waals surface area contributed by atoms with Gasteiger partial charge in [0, 0.05) is 0 Å². The molecule has 3 atom stereocenters. The van der Waals surface area contributed by atoms with Gasteiger partial charge in [0.25, 0.3) is 0 Å². The number of fused-ring (bicyclic) bond motifs is 3. The van der Waals surface area contributed by atoms with Gasteiger partial charge in [-0.15, -0.1) is 0 Å². The molecule has 1 fully saturated rings. The summed E-state index contributed by atoms with van der Waals surface area (Å²) in [5.74, 6) is 0.713. The first-order valence-corrected chi connectivity index (χ1v) is 8.93. The van der Waals surface area contributed by atoms with Gasteiger partial charge in [0.05, 0.1) is 13.0 Å². The molecule has 24 heavy (non-hydrogen) atoms. The van der Waals surface area contributed by atoms with Crippen LogP contribution in [0.5, 0.6) is 5.75 Å². The highest BCUT2D eigenvalue weighted by Crippen LogP contribution is 2.55. The van der Waals surface area contributed by atoms with Crippen LogP contribution in [0.2, 0.25) is 0 Å². The van der Waals surface area contributed by atoms with Gasteiger partial charge in [-0.1, -0.05) is 45.1 Å². The van der Waals surface area contributed by atoms with Crippen LogP contribution in [-0.4, -0.2) is 18.2 Å². The fourth-order valence-corrected chi connectivity index (χ4v) is 4.89. The topological polar surface area (TPSA) is 46.5 Å². The number of phenolic OH excluding ortho intramolecular Hbond substituents is 1. The first kappa shape index (κ1) is 17.1. The Morgan fingerprint density at radius 1 is 1.38 bits per heavy atom. The van der Waals surface area contributed by atoms with Gasteiger partial charge in [0.1, 0.15) is 5.75 Å². The minimum Gasteiger partial charge on any atom is -0.507 e. The van der Waals surface area contributed by atoms with E-state index in [4.69, 9.17) is 4.74 Å². The van der Waals surface area contributed by atoms with Crippen molar-refractivity contribution in [1.82, 2.24) is 0 Å². The van der Waals surface area contributed by atoms with Crippen LogP contribution in [-0.2, 0) is 21.4 Å². The second kappa shape index (κ2) is 5.94. The number of carbonyl (C=O) groups is 1. The predicted octanol–water partition coefficient (Wildman–Crippen LogP) is 4.47. The summed E-state index contributed by atoms with van der Waals surface area (Å²) in [6.45, 7) is 10.8. The number of esters is 1. The Labute approximate surface area is 144 Å². The number of hydrogen-bond donors (Lipinski definition) is 1. The van der Waals surface area contributed by atoms with Crippen LogP contribution < -0.4 is 0 Å². The third-order valence-electron chi connectivity index (χ3n) is 6.34.